The summed E-state index contributed by atoms with van der Waals surface area (Å²) in [7, 11) is 0. The predicted octanol–water partition coefficient (Wildman–Crippen LogP) is 13.9. The Bertz CT molecular complexity index is 2950. The van der Waals surface area contributed by atoms with Crippen LogP contribution < -0.4 is 5.73 Å². The smallest absolute Gasteiger partial charge is 0.123 e. The molecule has 0 fully saturated rings. The lowest BCUT2D eigenvalue weighted by molar-refractivity contribution is 1.20. The number of rotatable bonds is 6. The Morgan fingerprint density at radius 2 is 0.982 bits per heavy atom. The Labute approximate surface area is 325 Å². The van der Waals surface area contributed by atoms with Crippen molar-refractivity contribution in [2.75, 3.05) is 0 Å². The zero-order valence-electron chi connectivity index (χ0n) is 30.2. The topological polar surface area (TPSA) is 49.9 Å². The molecule has 0 aliphatic carbocycles. The third-order valence-electron chi connectivity index (χ3n) is 10.3. The second kappa shape index (κ2) is 14.9. The van der Waals surface area contributed by atoms with Gasteiger partial charge < -0.3 is 5.73 Å². The highest BCUT2D eigenvalue weighted by atomic mass is 32.1. The van der Waals surface area contributed by atoms with E-state index < -0.39 is 0 Å². The maximum atomic E-state index is 8.32. The maximum Gasteiger partial charge on any atom is 0.123 e. The monoisotopic (exact) mass is 722 g/mol. The second-order valence-electron chi connectivity index (χ2n) is 13.9. The third kappa shape index (κ3) is 6.78. The summed E-state index contributed by atoms with van der Waals surface area (Å²) in [6.45, 7) is 0. The summed E-state index contributed by atoms with van der Waals surface area (Å²) >= 11 is 1.79. The molecule has 55 heavy (non-hydrogen) atoms. The fraction of sp³-hybridized carbons (Fsp3) is 0.0192. The van der Waals surface area contributed by atoms with Crippen LogP contribution in [0.25, 0.3) is 75.1 Å². The highest BCUT2D eigenvalue weighted by molar-refractivity contribution is 7.27. The molecule has 0 amide bonds. The zero-order valence-corrected chi connectivity index (χ0v) is 31.1. The first-order valence-electron chi connectivity index (χ1n) is 18.6. The number of amidine groups is 1. The van der Waals surface area contributed by atoms with Crippen molar-refractivity contribution in [3.8, 4) is 33.4 Å². The lowest BCUT2D eigenvalue weighted by Gasteiger charge is -2.10. The van der Waals surface area contributed by atoms with Gasteiger partial charge >= 0.3 is 0 Å². The van der Waals surface area contributed by atoms with E-state index in [4.69, 9.17) is 11.1 Å². The number of nitrogen functional groups attached to an aromatic ring is 1. The van der Waals surface area contributed by atoms with Crippen LogP contribution in [0.15, 0.2) is 200 Å². The van der Waals surface area contributed by atoms with E-state index in [9.17, 15) is 0 Å². The number of benzene rings is 9. The molecule has 0 aliphatic rings. The van der Waals surface area contributed by atoms with Crippen molar-refractivity contribution in [2.24, 2.45) is 5.73 Å². The molecule has 262 valence electrons. The lowest BCUT2D eigenvalue weighted by atomic mass is 9.93. The molecule has 10 aromatic rings. The molecule has 9 aromatic carbocycles. The molecule has 2 nitrogen and oxygen atoms in total. The summed E-state index contributed by atoms with van der Waals surface area (Å²) in [6, 6.07) is 70.6. The van der Waals surface area contributed by atoms with Gasteiger partial charge in [-0.05, 0) is 85.1 Å². The normalized spacial score (nSPS) is 11.1. The molecule has 1 aromatic heterocycles. The van der Waals surface area contributed by atoms with Gasteiger partial charge in [-0.15, -0.1) is 11.3 Å². The van der Waals surface area contributed by atoms with Crippen molar-refractivity contribution in [3.05, 3.63) is 217 Å². The first-order chi connectivity index (χ1) is 27.1. The predicted molar refractivity (Wildman–Crippen MR) is 237 cm³/mol. The molecule has 0 radical (unpaired) electrons. The molecule has 0 spiro atoms. The van der Waals surface area contributed by atoms with Crippen molar-refractivity contribution in [1.29, 1.82) is 5.41 Å². The van der Waals surface area contributed by atoms with Gasteiger partial charge in [0.05, 0.1) is 0 Å². The second-order valence-corrected chi connectivity index (χ2v) is 14.9. The highest BCUT2D eigenvalue weighted by Crippen LogP contribution is 2.47. The van der Waals surface area contributed by atoms with Gasteiger partial charge in [0.15, 0.2) is 0 Å². The van der Waals surface area contributed by atoms with Gasteiger partial charge in [0, 0.05) is 31.3 Å². The minimum absolute atomic E-state index is 0.0932. The molecule has 0 atom stereocenters. The van der Waals surface area contributed by atoms with Gasteiger partial charge in [-0.2, -0.15) is 0 Å². The van der Waals surface area contributed by atoms with E-state index in [1.807, 2.05) is 24.3 Å². The number of nitrogens with two attached hydrogens (primary N) is 1. The first-order valence-corrected chi connectivity index (χ1v) is 19.4. The van der Waals surface area contributed by atoms with E-state index in [-0.39, 0.29) is 5.84 Å². The number of nitrogens with one attached hydrogen (secondary N) is 1. The van der Waals surface area contributed by atoms with Gasteiger partial charge in [-0.3, -0.25) is 5.41 Å². The average molecular weight is 723 g/mol. The van der Waals surface area contributed by atoms with E-state index in [1.54, 1.807) is 11.3 Å². The summed E-state index contributed by atoms with van der Waals surface area (Å²) < 4.78 is 2.38. The number of hydrogen-bond acceptors (Lipinski definition) is 2. The minimum atomic E-state index is 0.0932. The largest absolute Gasteiger partial charge is 0.384 e. The summed E-state index contributed by atoms with van der Waals surface area (Å²) in [5, 5.41) is 15.8. The summed E-state index contributed by atoms with van der Waals surface area (Å²) in [5.74, 6) is 0.0932. The van der Waals surface area contributed by atoms with E-state index >= 15 is 0 Å². The third-order valence-corrected chi connectivity index (χ3v) is 11.6. The Kier molecular flexibility index (Phi) is 9.21. The van der Waals surface area contributed by atoms with Crippen LogP contribution >= 0.6 is 11.3 Å². The van der Waals surface area contributed by atoms with Gasteiger partial charge in [0.25, 0.3) is 0 Å². The van der Waals surface area contributed by atoms with Crippen molar-refractivity contribution in [3.63, 3.8) is 0 Å². The van der Waals surface area contributed by atoms with Crippen LogP contribution in [0, 0.1) is 5.41 Å². The molecular formula is C52H38N2S. The number of fused-ring (bicyclic) bond motifs is 6. The fourth-order valence-corrected chi connectivity index (χ4v) is 9.05. The SMILES string of the molecule is N=C(N)c1ccc(-c2ccccc2)c2sc3c(-c4ccccc4)cc(-c4ccccc4)cc3c12.c1ccc(Cc2ccc3ccc4ccccc4c3c2)cc1. The van der Waals surface area contributed by atoms with Crippen molar-refractivity contribution >= 4 is 58.9 Å². The van der Waals surface area contributed by atoms with Crippen molar-refractivity contribution < 1.29 is 0 Å². The first kappa shape index (κ1) is 34.0. The lowest BCUT2D eigenvalue weighted by Crippen LogP contribution is -2.11. The molecule has 3 heteroatoms. The summed E-state index contributed by atoms with van der Waals surface area (Å²) in [4.78, 5) is 0. The average Bonchev–Trinajstić information content (AvgIpc) is 3.64. The number of thiophene rings is 1. The Morgan fingerprint density at radius 1 is 0.418 bits per heavy atom. The van der Waals surface area contributed by atoms with E-state index in [2.05, 4.69) is 176 Å². The fourth-order valence-electron chi connectivity index (χ4n) is 7.67. The van der Waals surface area contributed by atoms with Gasteiger partial charge in [-0.25, -0.2) is 0 Å². The van der Waals surface area contributed by atoms with E-state index in [1.165, 1.54) is 65.2 Å². The highest BCUT2D eigenvalue weighted by Gasteiger charge is 2.19. The molecule has 0 bridgehead atoms. The molecule has 0 unspecified atom stereocenters. The molecule has 0 saturated carbocycles. The summed E-state index contributed by atoms with van der Waals surface area (Å²) in [6.07, 6.45) is 0.986. The Morgan fingerprint density at radius 3 is 1.65 bits per heavy atom. The Balaban J connectivity index is 0.000000161. The van der Waals surface area contributed by atoms with Gasteiger partial charge in [-0.1, -0.05) is 182 Å². The molecular weight excluding hydrogens is 685 g/mol. The van der Waals surface area contributed by atoms with Crippen LogP contribution in [0.4, 0.5) is 0 Å². The molecule has 0 aliphatic heterocycles. The maximum absolute atomic E-state index is 8.32. The van der Waals surface area contributed by atoms with Crippen LogP contribution in [-0.2, 0) is 6.42 Å². The molecule has 3 N–H and O–H groups in total. The van der Waals surface area contributed by atoms with E-state index in [0.717, 1.165) is 33.0 Å². The number of hydrogen-bond donors (Lipinski definition) is 2. The van der Waals surface area contributed by atoms with Crippen LogP contribution in [0.3, 0.4) is 0 Å². The van der Waals surface area contributed by atoms with Gasteiger partial charge in [0.1, 0.15) is 5.84 Å². The van der Waals surface area contributed by atoms with Crippen LogP contribution in [0.2, 0.25) is 0 Å². The Hall–Kier alpha value is -6.81. The molecule has 0 saturated heterocycles. The minimum Gasteiger partial charge on any atom is -0.384 e. The van der Waals surface area contributed by atoms with E-state index in [0.29, 0.717) is 0 Å². The van der Waals surface area contributed by atoms with Crippen LogP contribution in [0.5, 0.6) is 0 Å². The standard InChI is InChI=1S/C31H22N2S.C21H16/c32-31(33)25-17-16-24(21-12-6-2-7-13-21)30-28(25)27-19-23(20-10-4-1-5-11-20)18-26(29(27)34-30)22-14-8-3-9-15-22;1-2-6-16(7-3-1)14-17-10-11-19-13-12-18-8-4-5-9-20(18)21(19)15-17/h1-19H,(H3,32,33);1-13,15H,14H2. The molecule has 1 heterocycles. The summed E-state index contributed by atoms with van der Waals surface area (Å²) in [5.41, 5.74) is 16.7. The van der Waals surface area contributed by atoms with Crippen molar-refractivity contribution in [1.82, 2.24) is 0 Å². The van der Waals surface area contributed by atoms with Crippen LogP contribution in [-0.4, -0.2) is 5.84 Å². The van der Waals surface area contributed by atoms with Gasteiger partial charge in [0.2, 0.25) is 0 Å². The zero-order chi connectivity index (χ0) is 37.1. The quantitative estimate of drug-likeness (QED) is 0.100. The van der Waals surface area contributed by atoms with Crippen molar-refractivity contribution in [2.45, 2.75) is 6.42 Å². The van der Waals surface area contributed by atoms with Crippen LogP contribution in [0.1, 0.15) is 16.7 Å². The molecule has 10 rings (SSSR count).